The van der Waals surface area contributed by atoms with Crippen molar-refractivity contribution >= 4 is 5.91 Å². The van der Waals surface area contributed by atoms with Gasteiger partial charge in [-0.3, -0.25) is 9.69 Å². The zero-order chi connectivity index (χ0) is 17.6. The van der Waals surface area contributed by atoms with Gasteiger partial charge in [-0.1, -0.05) is 49.6 Å². The van der Waals surface area contributed by atoms with E-state index < -0.39 is 0 Å². The lowest BCUT2D eigenvalue weighted by Crippen LogP contribution is -2.46. The molecular weight excluding hydrogens is 310 g/mol. The Morgan fingerprint density at radius 2 is 1.88 bits per heavy atom. The van der Waals surface area contributed by atoms with E-state index in [2.05, 4.69) is 47.1 Å². The van der Waals surface area contributed by atoms with Crippen molar-refractivity contribution in [1.82, 2.24) is 9.80 Å². The molecule has 2 N–H and O–H groups in total. The molecule has 1 saturated carbocycles. The minimum absolute atomic E-state index is 0.305. The van der Waals surface area contributed by atoms with Crippen LogP contribution >= 0.6 is 0 Å². The van der Waals surface area contributed by atoms with E-state index in [4.69, 9.17) is 5.73 Å². The molecule has 1 aliphatic heterocycles. The standard InChI is InChI=1S/C21H33N3O/c1-2-24(19-11-7-4-8-12-19)21(25)16-23-14-18(13-22)20(15-23)17-9-5-3-6-10-17/h3,5-6,9-10,18-20H,2,4,7-8,11-16,22H2,1H3/t18-,20+/m1/s1. The SMILES string of the molecule is CCN(C(=O)CN1C[C@@H](CN)[C@H](c2ccccc2)C1)C1CCCCC1. The summed E-state index contributed by atoms with van der Waals surface area (Å²) in [6.07, 6.45) is 6.22. The average molecular weight is 344 g/mol. The maximum atomic E-state index is 12.9. The van der Waals surface area contributed by atoms with Crippen LogP contribution in [0.25, 0.3) is 0 Å². The van der Waals surface area contributed by atoms with Crippen LogP contribution in [0.3, 0.4) is 0 Å². The van der Waals surface area contributed by atoms with Crippen molar-refractivity contribution in [3.63, 3.8) is 0 Å². The Bertz CT molecular complexity index is 541. The molecule has 2 aliphatic rings. The summed E-state index contributed by atoms with van der Waals surface area (Å²) in [5, 5.41) is 0. The summed E-state index contributed by atoms with van der Waals surface area (Å²) in [5.74, 6) is 1.20. The summed E-state index contributed by atoms with van der Waals surface area (Å²) in [4.78, 5) is 17.4. The molecule has 1 heterocycles. The monoisotopic (exact) mass is 343 g/mol. The highest BCUT2D eigenvalue weighted by molar-refractivity contribution is 5.78. The largest absolute Gasteiger partial charge is 0.339 e. The number of hydrogen-bond donors (Lipinski definition) is 1. The van der Waals surface area contributed by atoms with E-state index in [9.17, 15) is 4.79 Å². The van der Waals surface area contributed by atoms with Gasteiger partial charge in [0.15, 0.2) is 0 Å². The fourth-order valence-corrected chi connectivity index (χ4v) is 4.72. The minimum Gasteiger partial charge on any atom is -0.339 e. The Balaban J connectivity index is 1.61. The van der Waals surface area contributed by atoms with Crippen molar-refractivity contribution in [2.75, 3.05) is 32.7 Å². The number of likely N-dealkylation sites (N-methyl/N-ethyl adjacent to an activating group) is 1. The van der Waals surface area contributed by atoms with Gasteiger partial charge in [-0.2, -0.15) is 0 Å². The normalized spacial score (nSPS) is 25.2. The predicted octanol–water partition coefficient (Wildman–Crippen LogP) is 2.84. The molecule has 1 saturated heterocycles. The summed E-state index contributed by atoms with van der Waals surface area (Å²) < 4.78 is 0. The molecular formula is C21H33N3O. The van der Waals surface area contributed by atoms with E-state index in [-0.39, 0.29) is 0 Å². The second kappa shape index (κ2) is 8.81. The Hall–Kier alpha value is -1.39. The highest BCUT2D eigenvalue weighted by Crippen LogP contribution is 2.32. The summed E-state index contributed by atoms with van der Waals surface area (Å²) in [6, 6.07) is 11.1. The maximum Gasteiger partial charge on any atom is 0.236 e. The summed E-state index contributed by atoms with van der Waals surface area (Å²) in [5.41, 5.74) is 7.39. The minimum atomic E-state index is 0.305. The van der Waals surface area contributed by atoms with Crippen LogP contribution in [0.5, 0.6) is 0 Å². The first kappa shape index (κ1) is 18.4. The number of likely N-dealkylation sites (tertiary alicyclic amines) is 1. The van der Waals surface area contributed by atoms with Gasteiger partial charge in [-0.25, -0.2) is 0 Å². The third-order valence-electron chi connectivity index (χ3n) is 6.08. The van der Waals surface area contributed by atoms with E-state index in [1.165, 1.54) is 37.7 Å². The second-order valence-electron chi connectivity index (χ2n) is 7.68. The maximum absolute atomic E-state index is 12.9. The van der Waals surface area contributed by atoms with Crippen LogP contribution in [0.2, 0.25) is 0 Å². The highest BCUT2D eigenvalue weighted by atomic mass is 16.2. The van der Waals surface area contributed by atoms with Gasteiger partial charge < -0.3 is 10.6 Å². The molecule has 2 fully saturated rings. The van der Waals surface area contributed by atoms with Gasteiger partial charge in [0.2, 0.25) is 5.91 Å². The number of hydrogen-bond acceptors (Lipinski definition) is 3. The van der Waals surface area contributed by atoms with Crippen molar-refractivity contribution in [3.8, 4) is 0 Å². The molecule has 4 heteroatoms. The smallest absolute Gasteiger partial charge is 0.236 e. The number of rotatable bonds is 6. The Morgan fingerprint density at radius 1 is 1.16 bits per heavy atom. The third kappa shape index (κ3) is 4.42. The zero-order valence-corrected chi connectivity index (χ0v) is 15.6. The molecule has 1 aliphatic carbocycles. The van der Waals surface area contributed by atoms with Crippen LogP contribution in [0.4, 0.5) is 0 Å². The predicted molar refractivity (Wildman–Crippen MR) is 102 cm³/mol. The lowest BCUT2D eigenvalue weighted by molar-refractivity contribution is -0.135. The molecule has 1 amide bonds. The number of carbonyl (C=O) groups is 1. The number of amides is 1. The van der Waals surface area contributed by atoms with Crippen molar-refractivity contribution in [2.45, 2.75) is 51.0 Å². The van der Waals surface area contributed by atoms with Crippen molar-refractivity contribution in [3.05, 3.63) is 35.9 Å². The highest BCUT2D eigenvalue weighted by Gasteiger charge is 2.35. The third-order valence-corrected chi connectivity index (χ3v) is 6.08. The number of carbonyl (C=O) groups excluding carboxylic acids is 1. The molecule has 1 aromatic carbocycles. The molecule has 25 heavy (non-hydrogen) atoms. The van der Waals surface area contributed by atoms with Crippen molar-refractivity contribution < 1.29 is 4.79 Å². The van der Waals surface area contributed by atoms with Crippen LogP contribution in [-0.2, 0) is 4.79 Å². The molecule has 138 valence electrons. The molecule has 0 bridgehead atoms. The zero-order valence-electron chi connectivity index (χ0n) is 15.6. The van der Waals surface area contributed by atoms with Crippen LogP contribution in [0.15, 0.2) is 30.3 Å². The quantitative estimate of drug-likeness (QED) is 0.864. The average Bonchev–Trinajstić information content (AvgIpc) is 3.07. The Morgan fingerprint density at radius 3 is 2.52 bits per heavy atom. The van der Waals surface area contributed by atoms with Crippen molar-refractivity contribution in [2.24, 2.45) is 11.7 Å². The molecule has 1 aromatic rings. The van der Waals surface area contributed by atoms with E-state index in [1.807, 2.05) is 0 Å². The van der Waals surface area contributed by atoms with Crippen LogP contribution in [0.1, 0.15) is 50.5 Å². The molecule has 3 rings (SSSR count). The van der Waals surface area contributed by atoms with E-state index in [0.29, 0.717) is 36.9 Å². The first-order valence-electron chi connectivity index (χ1n) is 9.99. The van der Waals surface area contributed by atoms with E-state index >= 15 is 0 Å². The first-order valence-corrected chi connectivity index (χ1v) is 9.99. The molecule has 2 atom stereocenters. The number of nitrogens with two attached hydrogens (primary N) is 1. The fraction of sp³-hybridized carbons (Fsp3) is 0.667. The molecule has 0 radical (unpaired) electrons. The topological polar surface area (TPSA) is 49.6 Å². The van der Waals surface area contributed by atoms with Gasteiger partial charge in [0.1, 0.15) is 0 Å². The Kier molecular flexibility index (Phi) is 6.49. The molecule has 0 spiro atoms. The van der Waals surface area contributed by atoms with Gasteiger partial charge in [0.25, 0.3) is 0 Å². The number of benzene rings is 1. The van der Waals surface area contributed by atoms with Crippen molar-refractivity contribution in [1.29, 1.82) is 0 Å². The molecule has 4 nitrogen and oxygen atoms in total. The summed E-state index contributed by atoms with van der Waals surface area (Å²) >= 11 is 0. The fourth-order valence-electron chi connectivity index (χ4n) is 4.72. The van der Waals surface area contributed by atoms with Gasteiger partial charge in [-0.15, -0.1) is 0 Å². The van der Waals surface area contributed by atoms with Gasteiger partial charge in [0, 0.05) is 31.6 Å². The lowest BCUT2D eigenvalue weighted by atomic mass is 9.89. The van der Waals surface area contributed by atoms with Gasteiger partial charge in [0.05, 0.1) is 6.54 Å². The second-order valence-corrected chi connectivity index (χ2v) is 7.68. The molecule has 0 unspecified atom stereocenters. The van der Waals surface area contributed by atoms with E-state index in [1.54, 1.807) is 0 Å². The van der Waals surface area contributed by atoms with E-state index in [0.717, 1.165) is 19.6 Å². The summed E-state index contributed by atoms with van der Waals surface area (Å²) in [7, 11) is 0. The molecule has 0 aromatic heterocycles. The lowest BCUT2D eigenvalue weighted by Gasteiger charge is -2.34. The van der Waals surface area contributed by atoms with Gasteiger partial charge in [-0.05, 0) is 37.8 Å². The number of nitrogens with zero attached hydrogens (tertiary/aromatic N) is 2. The first-order chi connectivity index (χ1) is 12.2. The van der Waals surface area contributed by atoms with Crippen LogP contribution in [0, 0.1) is 5.92 Å². The van der Waals surface area contributed by atoms with Gasteiger partial charge >= 0.3 is 0 Å². The van der Waals surface area contributed by atoms with Crippen LogP contribution in [-0.4, -0.2) is 54.5 Å². The van der Waals surface area contributed by atoms with Crippen LogP contribution < -0.4 is 5.73 Å². The Labute approximate surface area is 152 Å². The summed E-state index contributed by atoms with van der Waals surface area (Å²) in [6.45, 7) is 6.06.